The fourth-order valence-corrected chi connectivity index (χ4v) is 2.21. The van der Waals surface area contributed by atoms with E-state index in [1.807, 2.05) is 7.05 Å². The van der Waals surface area contributed by atoms with Gasteiger partial charge in [0.05, 0.1) is 13.2 Å². The quantitative estimate of drug-likeness (QED) is 0.588. The highest BCUT2D eigenvalue weighted by atomic mass is 16.5. The third kappa shape index (κ3) is 5.80. The molecule has 0 aromatic rings. The van der Waals surface area contributed by atoms with Crippen LogP contribution in [0.5, 0.6) is 0 Å². The lowest BCUT2D eigenvalue weighted by Crippen LogP contribution is -2.26. The molecule has 16 heavy (non-hydrogen) atoms. The van der Waals surface area contributed by atoms with Crippen LogP contribution in [-0.4, -0.2) is 65.1 Å². The van der Waals surface area contributed by atoms with Crippen LogP contribution in [0.15, 0.2) is 0 Å². The Bertz CT molecular complexity index is 167. The van der Waals surface area contributed by atoms with Crippen molar-refractivity contribution in [3.05, 3.63) is 0 Å². The monoisotopic (exact) mass is 230 g/mol. The van der Waals surface area contributed by atoms with Crippen LogP contribution in [0.1, 0.15) is 12.8 Å². The number of ether oxygens (including phenoxy) is 2. The maximum Gasteiger partial charge on any atom is 0.0700 e. The molecule has 1 aliphatic heterocycles. The molecule has 1 rings (SSSR count). The van der Waals surface area contributed by atoms with Crippen LogP contribution in [-0.2, 0) is 9.47 Å². The summed E-state index contributed by atoms with van der Waals surface area (Å²) in [4.78, 5) is 2.54. The molecule has 1 atom stereocenters. The third-order valence-corrected chi connectivity index (χ3v) is 3.06. The molecule has 0 aromatic heterocycles. The lowest BCUT2D eigenvalue weighted by Gasteiger charge is -2.15. The first-order chi connectivity index (χ1) is 7.86. The maximum absolute atomic E-state index is 5.44. The van der Waals surface area contributed by atoms with Crippen LogP contribution in [0.25, 0.3) is 0 Å². The van der Waals surface area contributed by atoms with Gasteiger partial charge in [-0.25, -0.2) is 0 Å². The Morgan fingerprint density at radius 3 is 2.94 bits per heavy atom. The summed E-state index contributed by atoms with van der Waals surface area (Å²) in [6, 6.07) is 0. The molecule has 1 heterocycles. The van der Waals surface area contributed by atoms with Gasteiger partial charge in [-0.1, -0.05) is 0 Å². The van der Waals surface area contributed by atoms with Crippen molar-refractivity contribution >= 4 is 0 Å². The first-order valence-electron chi connectivity index (χ1n) is 6.30. The highest BCUT2D eigenvalue weighted by Crippen LogP contribution is 2.15. The molecular formula is C12H26N2O2. The minimum absolute atomic E-state index is 0.702. The zero-order valence-corrected chi connectivity index (χ0v) is 10.7. The molecule has 1 aliphatic rings. The van der Waals surface area contributed by atoms with Gasteiger partial charge in [0.1, 0.15) is 0 Å². The predicted octanol–water partition coefficient (Wildman–Crippen LogP) is 0.581. The topological polar surface area (TPSA) is 33.7 Å². The lowest BCUT2D eigenvalue weighted by molar-refractivity contribution is 0.0661. The van der Waals surface area contributed by atoms with Crippen LogP contribution in [0.4, 0.5) is 0 Å². The van der Waals surface area contributed by atoms with E-state index in [0.29, 0.717) is 6.61 Å². The fourth-order valence-electron chi connectivity index (χ4n) is 2.21. The molecule has 4 nitrogen and oxygen atoms in total. The molecule has 1 N–H and O–H groups in total. The van der Waals surface area contributed by atoms with Gasteiger partial charge in [0.25, 0.3) is 0 Å². The molecule has 0 aromatic carbocycles. The van der Waals surface area contributed by atoms with Gasteiger partial charge in [-0.3, -0.25) is 0 Å². The summed E-state index contributed by atoms with van der Waals surface area (Å²) in [5.41, 5.74) is 0. The van der Waals surface area contributed by atoms with Crippen LogP contribution >= 0.6 is 0 Å². The minimum Gasteiger partial charge on any atom is -0.382 e. The van der Waals surface area contributed by atoms with Crippen LogP contribution in [0.3, 0.4) is 0 Å². The molecule has 0 spiro atoms. The number of rotatable bonds is 9. The Morgan fingerprint density at radius 2 is 2.19 bits per heavy atom. The maximum atomic E-state index is 5.44. The Balaban J connectivity index is 1.90. The second kappa shape index (κ2) is 8.93. The number of nitrogens with one attached hydrogen (secondary N) is 1. The van der Waals surface area contributed by atoms with Crippen molar-refractivity contribution in [1.82, 2.24) is 10.2 Å². The van der Waals surface area contributed by atoms with Crippen molar-refractivity contribution in [2.24, 2.45) is 5.92 Å². The molecular weight excluding hydrogens is 204 g/mol. The lowest BCUT2D eigenvalue weighted by atomic mass is 10.1. The van der Waals surface area contributed by atoms with E-state index in [1.54, 1.807) is 7.11 Å². The van der Waals surface area contributed by atoms with Gasteiger partial charge in [-0.2, -0.15) is 0 Å². The molecule has 1 unspecified atom stereocenters. The van der Waals surface area contributed by atoms with Gasteiger partial charge in [-0.05, 0) is 38.9 Å². The van der Waals surface area contributed by atoms with E-state index < -0.39 is 0 Å². The number of methoxy groups -OCH3 is 1. The van der Waals surface area contributed by atoms with E-state index in [-0.39, 0.29) is 0 Å². The number of hydrogen-bond donors (Lipinski definition) is 1. The van der Waals surface area contributed by atoms with Crippen molar-refractivity contribution in [2.75, 3.05) is 60.2 Å². The van der Waals surface area contributed by atoms with Crippen LogP contribution in [0, 0.1) is 5.92 Å². The third-order valence-electron chi connectivity index (χ3n) is 3.06. The zero-order chi connectivity index (χ0) is 11.6. The van der Waals surface area contributed by atoms with Crippen molar-refractivity contribution in [1.29, 1.82) is 0 Å². The van der Waals surface area contributed by atoms with Crippen molar-refractivity contribution in [3.63, 3.8) is 0 Å². The SMILES string of the molecule is CNCC1CCN(CCCOCCOC)C1. The summed E-state index contributed by atoms with van der Waals surface area (Å²) < 4.78 is 10.4. The summed E-state index contributed by atoms with van der Waals surface area (Å²) in [6.07, 6.45) is 2.47. The van der Waals surface area contributed by atoms with Crippen LogP contribution < -0.4 is 5.32 Å². The average molecular weight is 230 g/mol. The number of likely N-dealkylation sites (tertiary alicyclic amines) is 1. The first-order valence-corrected chi connectivity index (χ1v) is 6.30. The van der Waals surface area contributed by atoms with Gasteiger partial charge in [0, 0.05) is 26.8 Å². The van der Waals surface area contributed by atoms with E-state index in [1.165, 1.54) is 26.1 Å². The minimum atomic E-state index is 0.702. The van der Waals surface area contributed by atoms with Gasteiger partial charge in [0.15, 0.2) is 0 Å². The Labute approximate surface area is 99.3 Å². The molecule has 0 saturated carbocycles. The molecule has 0 bridgehead atoms. The van der Waals surface area contributed by atoms with Crippen molar-refractivity contribution < 1.29 is 9.47 Å². The second-order valence-electron chi connectivity index (χ2n) is 4.47. The largest absolute Gasteiger partial charge is 0.382 e. The summed E-state index contributed by atoms with van der Waals surface area (Å²) in [7, 11) is 3.74. The zero-order valence-electron chi connectivity index (χ0n) is 10.7. The summed E-state index contributed by atoms with van der Waals surface area (Å²) in [6.45, 7) is 7.11. The van der Waals surface area contributed by atoms with Gasteiger partial charge in [0.2, 0.25) is 0 Å². The summed E-state index contributed by atoms with van der Waals surface area (Å²) in [5.74, 6) is 0.847. The Hall–Kier alpha value is -0.160. The van der Waals surface area contributed by atoms with E-state index in [0.717, 1.165) is 32.1 Å². The van der Waals surface area contributed by atoms with Crippen molar-refractivity contribution in [2.45, 2.75) is 12.8 Å². The molecule has 1 saturated heterocycles. The number of hydrogen-bond acceptors (Lipinski definition) is 4. The van der Waals surface area contributed by atoms with E-state index in [4.69, 9.17) is 9.47 Å². The first kappa shape index (κ1) is 13.9. The Morgan fingerprint density at radius 1 is 1.31 bits per heavy atom. The normalized spacial score (nSPS) is 21.8. The molecule has 96 valence electrons. The van der Waals surface area contributed by atoms with Gasteiger partial charge in [-0.15, -0.1) is 0 Å². The highest BCUT2D eigenvalue weighted by Gasteiger charge is 2.20. The molecule has 0 radical (unpaired) electrons. The molecule has 0 aliphatic carbocycles. The summed E-state index contributed by atoms with van der Waals surface area (Å²) >= 11 is 0. The van der Waals surface area contributed by atoms with Gasteiger partial charge >= 0.3 is 0 Å². The fraction of sp³-hybridized carbons (Fsp3) is 1.00. The molecule has 1 fully saturated rings. The molecule has 0 amide bonds. The van der Waals surface area contributed by atoms with E-state index in [2.05, 4.69) is 10.2 Å². The predicted molar refractivity (Wildman–Crippen MR) is 65.8 cm³/mol. The standard InChI is InChI=1S/C12H26N2O2/c1-13-10-12-4-6-14(11-12)5-3-7-16-9-8-15-2/h12-13H,3-11H2,1-2H3. The second-order valence-corrected chi connectivity index (χ2v) is 4.47. The summed E-state index contributed by atoms with van der Waals surface area (Å²) in [5, 5.41) is 3.26. The highest BCUT2D eigenvalue weighted by molar-refractivity contribution is 4.76. The van der Waals surface area contributed by atoms with E-state index in [9.17, 15) is 0 Å². The Kier molecular flexibility index (Phi) is 7.76. The van der Waals surface area contributed by atoms with Crippen molar-refractivity contribution in [3.8, 4) is 0 Å². The van der Waals surface area contributed by atoms with Crippen LogP contribution in [0.2, 0.25) is 0 Å². The average Bonchev–Trinajstić information content (AvgIpc) is 2.72. The van der Waals surface area contributed by atoms with E-state index >= 15 is 0 Å². The molecule has 4 heteroatoms. The number of nitrogens with zero attached hydrogens (tertiary/aromatic N) is 1. The van der Waals surface area contributed by atoms with Gasteiger partial charge < -0.3 is 19.7 Å². The smallest absolute Gasteiger partial charge is 0.0700 e.